The fraction of sp³-hybridized carbons (Fsp3) is 0.438. The Bertz CT molecular complexity index is 527. The Morgan fingerprint density at radius 2 is 2.10 bits per heavy atom. The molecule has 0 spiro atoms. The van der Waals surface area contributed by atoms with Crippen molar-refractivity contribution in [2.45, 2.75) is 19.6 Å². The van der Waals surface area contributed by atoms with Gasteiger partial charge >= 0.3 is 0 Å². The first-order valence-electron chi connectivity index (χ1n) is 7.23. The van der Waals surface area contributed by atoms with Crippen LogP contribution in [0.3, 0.4) is 0 Å². The number of ether oxygens (including phenoxy) is 1. The topological polar surface area (TPSA) is 50.5 Å². The molecule has 0 aliphatic heterocycles. The summed E-state index contributed by atoms with van der Waals surface area (Å²) in [6.45, 7) is 4.62. The molecule has 2 rings (SSSR count). The SMILES string of the molecule is CCN(Cc1cnn(C)c1)CC(O)COc1ccccc1. The molecular weight excluding hydrogens is 266 g/mol. The number of nitrogens with zero attached hydrogens (tertiary/aromatic N) is 3. The second kappa shape index (κ2) is 7.81. The Balaban J connectivity index is 1.78. The Morgan fingerprint density at radius 3 is 2.71 bits per heavy atom. The summed E-state index contributed by atoms with van der Waals surface area (Å²) in [5.74, 6) is 0.784. The highest BCUT2D eigenvalue weighted by Crippen LogP contribution is 2.09. The normalized spacial score (nSPS) is 12.6. The molecule has 0 radical (unpaired) electrons. The summed E-state index contributed by atoms with van der Waals surface area (Å²) in [5, 5.41) is 14.3. The van der Waals surface area contributed by atoms with Crippen LogP contribution >= 0.6 is 0 Å². The summed E-state index contributed by atoms with van der Waals surface area (Å²) in [4.78, 5) is 2.18. The molecule has 1 aromatic carbocycles. The number of aliphatic hydroxyl groups is 1. The number of aryl methyl sites for hydroxylation is 1. The van der Waals surface area contributed by atoms with Crippen LogP contribution in [0.4, 0.5) is 0 Å². The number of rotatable bonds is 8. The molecule has 114 valence electrons. The summed E-state index contributed by atoms with van der Waals surface area (Å²) in [6, 6.07) is 9.56. The standard InChI is InChI=1S/C16H23N3O2/c1-3-19(11-14-9-17-18(2)10-14)12-15(20)13-21-16-7-5-4-6-8-16/h4-10,15,20H,3,11-13H2,1-2H3. The van der Waals surface area contributed by atoms with Gasteiger partial charge in [-0.25, -0.2) is 0 Å². The maximum atomic E-state index is 10.1. The largest absolute Gasteiger partial charge is 0.491 e. The van der Waals surface area contributed by atoms with Gasteiger partial charge in [0.2, 0.25) is 0 Å². The highest BCUT2D eigenvalue weighted by Gasteiger charge is 2.12. The van der Waals surface area contributed by atoms with Crippen LogP contribution in [0.1, 0.15) is 12.5 Å². The smallest absolute Gasteiger partial charge is 0.119 e. The molecule has 0 aliphatic rings. The molecule has 1 atom stereocenters. The lowest BCUT2D eigenvalue weighted by Crippen LogP contribution is -2.35. The van der Waals surface area contributed by atoms with Gasteiger partial charge < -0.3 is 9.84 Å². The molecule has 21 heavy (non-hydrogen) atoms. The van der Waals surface area contributed by atoms with E-state index in [4.69, 9.17) is 4.74 Å². The first-order chi connectivity index (χ1) is 10.2. The molecule has 0 bridgehead atoms. The van der Waals surface area contributed by atoms with Gasteiger partial charge in [0.1, 0.15) is 18.5 Å². The number of hydrogen-bond donors (Lipinski definition) is 1. The minimum Gasteiger partial charge on any atom is -0.491 e. The number of hydrogen-bond acceptors (Lipinski definition) is 4. The van der Waals surface area contributed by atoms with Crippen molar-refractivity contribution in [2.24, 2.45) is 7.05 Å². The third-order valence-electron chi connectivity index (χ3n) is 3.27. The predicted octanol–water partition coefficient (Wildman–Crippen LogP) is 1.68. The van der Waals surface area contributed by atoms with Gasteiger partial charge in [-0.05, 0) is 18.7 Å². The zero-order valence-corrected chi connectivity index (χ0v) is 12.6. The van der Waals surface area contributed by atoms with Crippen molar-refractivity contribution in [3.8, 4) is 5.75 Å². The van der Waals surface area contributed by atoms with Gasteiger partial charge in [0.25, 0.3) is 0 Å². The monoisotopic (exact) mass is 289 g/mol. The van der Waals surface area contributed by atoms with Gasteiger partial charge in [-0.1, -0.05) is 25.1 Å². The molecule has 1 N–H and O–H groups in total. The molecule has 0 saturated heterocycles. The van der Waals surface area contributed by atoms with Gasteiger partial charge in [-0.3, -0.25) is 9.58 Å². The van der Waals surface area contributed by atoms with Gasteiger partial charge in [-0.15, -0.1) is 0 Å². The van der Waals surface area contributed by atoms with E-state index in [1.165, 1.54) is 0 Å². The second-order valence-electron chi connectivity index (χ2n) is 5.13. The summed E-state index contributed by atoms with van der Waals surface area (Å²) >= 11 is 0. The van der Waals surface area contributed by atoms with Gasteiger partial charge in [0, 0.05) is 31.9 Å². The second-order valence-corrected chi connectivity index (χ2v) is 5.13. The van der Waals surface area contributed by atoms with Crippen LogP contribution < -0.4 is 4.74 Å². The fourth-order valence-electron chi connectivity index (χ4n) is 2.18. The summed E-state index contributed by atoms with van der Waals surface area (Å²) in [5.41, 5.74) is 1.15. The summed E-state index contributed by atoms with van der Waals surface area (Å²) in [6.07, 6.45) is 3.34. The van der Waals surface area contributed by atoms with Crippen molar-refractivity contribution in [1.29, 1.82) is 0 Å². The van der Waals surface area contributed by atoms with Crippen LogP contribution in [0, 0.1) is 0 Å². The number of benzene rings is 1. The first-order valence-corrected chi connectivity index (χ1v) is 7.23. The van der Waals surface area contributed by atoms with Gasteiger partial charge in [0.05, 0.1) is 6.20 Å². The molecule has 2 aromatic rings. The molecule has 1 aromatic heterocycles. The van der Waals surface area contributed by atoms with Crippen molar-refractivity contribution in [2.75, 3.05) is 19.7 Å². The van der Waals surface area contributed by atoms with Gasteiger partial charge in [0.15, 0.2) is 0 Å². The highest BCUT2D eigenvalue weighted by molar-refractivity contribution is 5.20. The number of aromatic nitrogens is 2. The molecule has 0 aliphatic carbocycles. The zero-order chi connectivity index (χ0) is 15.1. The molecule has 0 saturated carbocycles. The molecule has 1 heterocycles. The Morgan fingerprint density at radius 1 is 1.33 bits per heavy atom. The maximum absolute atomic E-state index is 10.1. The molecule has 5 heteroatoms. The third kappa shape index (κ3) is 5.21. The van der Waals surface area contributed by atoms with E-state index in [1.54, 1.807) is 4.68 Å². The quantitative estimate of drug-likeness (QED) is 0.803. The van der Waals surface area contributed by atoms with Crippen molar-refractivity contribution in [1.82, 2.24) is 14.7 Å². The number of likely N-dealkylation sites (N-methyl/N-ethyl adjacent to an activating group) is 1. The van der Waals surface area contributed by atoms with Crippen LogP contribution in [-0.2, 0) is 13.6 Å². The number of para-hydroxylation sites is 1. The van der Waals surface area contributed by atoms with Crippen LogP contribution in [-0.4, -0.2) is 45.6 Å². The minimum absolute atomic E-state index is 0.299. The van der Waals surface area contributed by atoms with Crippen molar-refractivity contribution >= 4 is 0 Å². The predicted molar refractivity (Wildman–Crippen MR) is 82.1 cm³/mol. The van der Waals surface area contributed by atoms with E-state index in [1.807, 2.05) is 49.8 Å². The van der Waals surface area contributed by atoms with Crippen LogP contribution in [0.2, 0.25) is 0 Å². The Labute approximate surface area is 125 Å². The van der Waals surface area contributed by atoms with E-state index >= 15 is 0 Å². The molecule has 1 unspecified atom stereocenters. The maximum Gasteiger partial charge on any atom is 0.119 e. The Kier molecular flexibility index (Phi) is 5.78. The average molecular weight is 289 g/mol. The molecule has 0 amide bonds. The molecule has 5 nitrogen and oxygen atoms in total. The van der Waals surface area contributed by atoms with Crippen LogP contribution in [0.5, 0.6) is 5.75 Å². The fourth-order valence-corrected chi connectivity index (χ4v) is 2.18. The van der Waals surface area contributed by atoms with Crippen LogP contribution in [0.15, 0.2) is 42.7 Å². The lowest BCUT2D eigenvalue weighted by molar-refractivity contribution is 0.0675. The summed E-state index contributed by atoms with van der Waals surface area (Å²) in [7, 11) is 1.91. The zero-order valence-electron chi connectivity index (χ0n) is 12.6. The van der Waals surface area contributed by atoms with E-state index in [2.05, 4.69) is 16.9 Å². The number of aliphatic hydroxyl groups excluding tert-OH is 1. The van der Waals surface area contributed by atoms with Crippen molar-refractivity contribution < 1.29 is 9.84 Å². The van der Waals surface area contributed by atoms with Crippen molar-refractivity contribution in [3.05, 3.63) is 48.3 Å². The van der Waals surface area contributed by atoms with E-state index < -0.39 is 6.10 Å². The summed E-state index contributed by atoms with van der Waals surface area (Å²) < 4.78 is 7.36. The van der Waals surface area contributed by atoms with Crippen molar-refractivity contribution in [3.63, 3.8) is 0 Å². The Hall–Kier alpha value is -1.85. The lowest BCUT2D eigenvalue weighted by atomic mass is 10.3. The van der Waals surface area contributed by atoms with E-state index in [0.29, 0.717) is 13.2 Å². The van der Waals surface area contributed by atoms with E-state index in [9.17, 15) is 5.11 Å². The first kappa shape index (κ1) is 15.5. The lowest BCUT2D eigenvalue weighted by Gasteiger charge is -2.23. The van der Waals surface area contributed by atoms with Crippen LogP contribution in [0.25, 0.3) is 0 Å². The van der Waals surface area contributed by atoms with E-state index in [0.717, 1.165) is 24.4 Å². The third-order valence-corrected chi connectivity index (χ3v) is 3.27. The molecule has 0 fully saturated rings. The van der Waals surface area contributed by atoms with E-state index in [-0.39, 0.29) is 0 Å². The minimum atomic E-state index is -0.512. The van der Waals surface area contributed by atoms with Gasteiger partial charge in [-0.2, -0.15) is 5.10 Å². The highest BCUT2D eigenvalue weighted by atomic mass is 16.5. The average Bonchev–Trinajstić information content (AvgIpc) is 2.90. The molecular formula is C16H23N3O2.